The highest BCUT2D eigenvalue weighted by molar-refractivity contribution is 8.00. The smallest absolute Gasteiger partial charge is 0.236 e. The van der Waals surface area contributed by atoms with Crippen LogP contribution in [0.2, 0.25) is 5.02 Å². The number of hydrogen-bond donors (Lipinski definition) is 0. The summed E-state index contributed by atoms with van der Waals surface area (Å²) in [7, 11) is 1.66. The van der Waals surface area contributed by atoms with Gasteiger partial charge < -0.3 is 9.64 Å². The number of benzene rings is 2. The maximum Gasteiger partial charge on any atom is 0.236 e. The van der Waals surface area contributed by atoms with Gasteiger partial charge in [-0.2, -0.15) is 0 Å². The first kappa shape index (κ1) is 18.2. The maximum atomic E-state index is 13.0. The monoisotopic (exact) mass is 375 g/mol. The Balaban J connectivity index is 1.66. The molecular formula is C20H22ClNO2S. The molecule has 1 amide bonds. The zero-order valence-corrected chi connectivity index (χ0v) is 16.0. The number of carbonyl (C=O) groups excluding carboxylic acids is 1. The second-order valence-corrected chi connectivity index (χ2v) is 8.11. The Morgan fingerprint density at radius 2 is 1.84 bits per heavy atom. The molecule has 3 rings (SSSR count). The summed E-state index contributed by atoms with van der Waals surface area (Å²) in [5.74, 6) is 1.03. The van der Waals surface area contributed by atoms with Crippen molar-refractivity contribution in [2.45, 2.75) is 42.5 Å². The lowest BCUT2D eigenvalue weighted by molar-refractivity contribution is -0.131. The van der Waals surface area contributed by atoms with E-state index >= 15 is 0 Å². The molecule has 0 aliphatic heterocycles. The van der Waals surface area contributed by atoms with Crippen LogP contribution in [-0.4, -0.2) is 29.2 Å². The number of methoxy groups -OCH3 is 1. The summed E-state index contributed by atoms with van der Waals surface area (Å²) < 4.78 is 5.20. The van der Waals surface area contributed by atoms with Gasteiger partial charge in [0.25, 0.3) is 0 Å². The van der Waals surface area contributed by atoms with E-state index < -0.39 is 0 Å². The molecule has 1 saturated carbocycles. The Morgan fingerprint density at radius 1 is 1.20 bits per heavy atom. The van der Waals surface area contributed by atoms with Crippen LogP contribution in [0.1, 0.15) is 25.3 Å². The quantitative estimate of drug-likeness (QED) is 0.636. The lowest BCUT2D eigenvalue weighted by Gasteiger charge is -2.26. The molecule has 0 saturated heterocycles. The molecule has 1 fully saturated rings. The fraction of sp³-hybridized carbons (Fsp3) is 0.350. The number of thioether (sulfide) groups is 1. The molecule has 3 nitrogen and oxygen atoms in total. The van der Waals surface area contributed by atoms with Crippen molar-refractivity contribution in [3.63, 3.8) is 0 Å². The Hall–Kier alpha value is -1.65. The predicted octanol–water partition coefficient (Wildman–Crippen LogP) is 5.02. The Bertz CT molecular complexity index is 713. The van der Waals surface area contributed by atoms with Crippen molar-refractivity contribution in [3.8, 4) is 5.75 Å². The van der Waals surface area contributed by atoms with Crippen LogP contribution >= 0.6 is 23.4 Å². The van der Waals surface area contributed by atoms with Crippen LogP contribution in [-0.2, 0) is 11.3 Å². The van der Waals surface area contributed by atoms with Crippen LogP contribution in [0.3, 0.4) is 0 Å². The summed E-state index contributed by atoms with van der Waals surface area (Å²) in [6, 6.07) is 15.9. The summed E-state index contributed by atoms with van der Waals surface area (Å²) >= 11 is 7.51. The molecule has 2 aromatic rings. The lowest BCUT2D eigenvalue weighted by Crippen LogP contribution is -2.37. The van der Waals surface area contributed by atoms with Gasteiger partial charge >= 0.3 is 0 Å². The third kappa shape index (κ3) is 4.93. The summed E-state index contributed by atoms with van der Waals surface area (Å²) in [6.45, 7) is 2.63. The van der Waals surface area contributed by atoms with Crippen LogP contribution in [0.15, 0.2) is 53.4 Å². The third-order valence-electron chi connectivity index (χ3n) is 4.26. The lowest BCUT2D eigenvalue weighted by atomic mass is 10.2. The van der Waals surface area contributed by atoms with Crippen LogP contribution in [0.25, 0.3) is 0 Å². The number of halogens is 1. The Labute approximate surface area is 158 Å². The van der Waals surface area contributed by atoms with Crippen LogP contribution in [0.5, 0.6) is 5.75 Å². The van der Waals surface area contributed by atoms with Gasteiger partial charge in [0.1, 0.15) is 5.75 Å². The summed E-state index contributed by atoms with van der Waals surface area (Å²) in [4.78, 5) is 16.1. The number of hydrogen-bond acceptors (Lipinski definition) is 3. The fourth-order valence-corrected chi connectivity index (χ4v) is 3.77. The molecule has 0 heterocycles. The van der Waals surface area contributed by atoms with Crippen molar-refractivity contribution in [1.82, 2.24) is 4.90 Å². The molecule has 25 heavy (non-hydrogen) atoms. The van der Waals surface area contributed by atoms with Gasteiger partial charge in [-0.15, -0.1) is 11.8 Å². The second kappa shape index (κ2) is 8.15. The topological polar surface area (TPSA) is 29.5 Å². The van der Waals surface area contributed by atoms with E-state index in [1.165, 1.54) is 0 Å². The van der Waals surface area contributed by atoms with Crippen molar-refractivity contribution < 1.29 is 9.53 Å². The van der Waals surface area contributed by atoms with E-state index in [0.717, 1.165) is 29.1 Å². The molecule has 1 aliphatic carbocycles. The van der Waals surface area contributed by atoms with Gasteiger partial charge in [0.2, 0.25) is 5.91 Å². The van der Waals surface area contributed by atoms with E-state index in [2.05, 4.69) is 0 Å². The Morgan fingerprint density at radius 3 is 2.40 bits per heavy atom. The molecule has 0 N–H and O–H groups in total. The second-order valence-electron chi connectivity index (χ2n) is 6.26. The molecule has 5 heteroatoms. The number of rotatable bonds is 7. The summed E-state index contributed by atoms with van der Waals surface area (Å²) in [6.07, 6.45) is 2.19. The molecule has 2 aromatic carbocycles. The SMILES string of the molecule is COc1ccc(CN(C(=O)C(C)Sc2ccc(Cl)cc2)C2CC2)cc1. The highest BCUT2D eigenvalue weighted by Gasteiger charge is 2.34. The van der Waals surface area contributed by atoms with Crippen molar-refractivity contribution in [2.24, 2.45) is 0 Å². The van der Waals surface area contributed by atoms with Gasteiger partial charge in [-0.05, 0) is 61.7 Å². The molecule has 0 bridgehead atoms. The molecule has 1 aliphatic rings. The van der Waals surface area contributed by atoms with Crippen molar-refractivity contribution >= 4 is 29.3 Å². The van der Waals surface area contributed by atoms with E-state index in [1.807, 2.05) is 60.4 Å². The first-order valence-corrected chi connectivity index (χ1v) is 9.68. The number of carbonyl (C=O) groups is 1. The van der Waals surface area contributed by atoms with Gasteiger partial charge in [0.05, 0.1) is 12.4 Å². The summed E-state index contributed by atoms with van der Waals surface area (Å²) in [5.41, 5.74) is 1.13. The molecule has 1 unspecified atom stereocenters. The van der Waals surface area contributed by atoms with E-state index in [9.17, 15) is 4.79 Å². The first-order chi connectivity index (χ1) is 12.1. The standard InChI is InChI=1S/C20H22ClNO2S/c1-14(25-19-11-5-16(21)6-12-19)20(23)22(17-7-8-17)13-15-3-9-18(24-2)10-4-15/h3-6,9-12,14,17H,7-8,13H2,1-2H3. The van der Waals surface area contributed by atoms with Gasteiger partial charge in [-0.25, -0.2) is 0 Å². The minimum absolute atomic E-state index is 0.125. The van der Waals surface area contributed by atoms with Gasteiger partial charge in [-0.1, -0.05) is 23.7 Å². The van der Waals surface area contributed by atoms with Crippen LogP contribution in [0, 0.1) is 0 Å². The van der Waals surface area contributed by atoms with Gasteiger partial charge in [-0.3, -0.25) is 4.79 Å². The molecule has 0 radical (unpaired) electrons. The molecular weight excluding hydrogens is 354 g/mol. The molecule has 0 aromatic heterocycles. The number of amides is 1. The van der Waals surface area contributed by atoms with Crippen molar-refractivity contribution in [1.29, 1.82) is 0 Å². The van der Waals surface area contributed by atoms with Crippen molar-refractivity contribution in [2.75, 3.05) is 7.11 Å². The zero-order valence-electron chi connectivity index (χ0n) is 14.4. The molecule has 132 valence electrons. The zero-order chi connectivity index (χ0) is 17.8. The van der Waals surface area contributed by atoms with Gasteiger partial charge in [0, 0.05) is 22.5 Å². The predicted molar refractivity (Wildman–Crippen MR) is 103 cm³/mol. The Kier molecular flexibility index (Phi) is 5.92. The molecule has 1 atom stereocenters. The minimum atomic E-state index is -0.125. The maximum absolute atomic E-state index is 13.0. The highest BCUT2D eigenvalue weighted by Crippen LogP contribution is 2.32. The molecule has 0 spiro atoms. The van der Waals surface area contributed by atoms with E-state index in [-0.39, 0.29) is 11.2 Å². The third-order valence-corrected chi connectivity index (χ3v) is 5.61. The van der Waals surface area contributed by atoms with E-state index in [0.29, 0.717) is 17.6 Å². The summed E-state index contributed by atoms with van der Waals surface area (Å²) in [5, 5.41) is 0.586. The normalized spacial score (nSPS) is 14.8. The van der Waals surface area contributed by atoms with Crippen molar-refractivity contribution in [3.05, 3.63) is 59.1 Å². The van der Waals surface area contributed by atoms with E-state index in [1.54, 1.807) is 18.9 Å². The minimum Gasteiger partial charge on any atom is -0.497 e. The number of ether oxygens (including phenoxy) is 1. The van der Waals surface area contributed by atoms with Crippen LogP contribution < -0.4 is 4.74 Å². The first-order valence-electron chi connectivity index (χ1n) is 8.42. The average molecular weight is 376 g/mol. The fourth-order valence-electron chi connectivity index (χ4n) is 2.70. The largest absolute Gasteiger partial charge is 0.497 e. The average Bonchev–Trinajstić information content (AvgIpc) is 3.46. The van der Waals surface area contributed by atoms with Crippen LogP contribution in [0.4, 0.5) is 0 Å². The van der Waals surface area contributed by atoms with E-state index in [4.69, 9.17) is 16.3 Å². The van der Waals surface area contributed by atoms with Gasteiger partial charge in [0.15, 0.2) is 0 Å². The highest BCUT2D eigenvalue weighted by atomic mass is 35.5. The number of nitrogens with zero attached hydrogens (tertiary/aromatic N) is 1.